The molecular formula is C20H25ClFN3O4S. The van der Waals surface area contributed by atoms with E-state index < -0.39 is 15.8 Å². The number of carbonyl (C=O) groups is 2. The number of hydrogen-bond donors (Lipinski definition) is 0. The Hall–Kier alpha value is -1.71. The largest absolute Gasteiger partial charge is 0.340 e. The molecular weight excluding hydrogens is 433 g/mol. The lowest BCUT2D eigenvalue weighted by atomic mass is 10.1. The highest BCUT2D eigenvalue weighted by Gasteiger charge is 2.41. The van der Waals surface area contributed by atoms with E-state index in [0.29, 0.717) is 6.54 Å². The number of amides is 2. The quantitative estimate of drug-likeness (QED) is 0.693. The first-order valence-electron chi connectivity index (χ1n) is 10.3. The molecule has 1 aromatic carbocycles. The Labute approximate surface area is 180 Å². The van der Waals surface area contributed by atoms with Crippen LogP contribution in [0.2, 0.25) is 5.02 Å². The molecule has 2 saturated heterocycles. The second-order valence-electron chi connectivity index (χ2n) is 8.19. The molecule has 1 atom stereocenters. The number of piperazine rings is 1. The first-order chi connectivity index (χ1) is 14.3. The maximum absolute atomic E-state index is 13.4. The van der Waals surface area contributed by atoms with Crippen LogP contribution in [0.4, 0.5) is 4.39 Å². The second-order valence-corrected chi connectivity index (χ2v) is 10.5. The SMILES string of the molecule is O=C(C1CC(=O)N(C2CCCC2)C1)N1CCN(S(=O)(=O)c2ccc(F)c(Cl)c2)CC1. The summed E-state index contributed by atoms with van der Waals surface area (Å²) in [4.78, 5) is 28.8. The van der Waals surface area contributed by atoms with E-state index in [9.17, 15) is 22.4 Å². The molecule has 10 heteroatoms. The fourth-order valence-corrected chi connectivity index (χ4v) is 6.35. The van der Waals surface area contributed by atoms with Crippen molar-refractivity contribution >= 4 is 33.4 Å². The van der Waals surface area contributed by atoms with Crippen molar-refractivity contribution in [3.05, 3.63) is 29.0 Å². The van der Waals surface area contributed by atoms with Crippen LogP contribution in [0.25, 0.3) is 0 Å². The van der Waals surface area contributed by atoms with Gasteiger partial charge in [0.2, 0.25) is 21.8 Å². The van der Waals surface area contributed by atoms with Crippen LogP contribution in [0.15, 0.2) is 23.1 Å². The summed E-state index contributed by atoms with van der Waals surface area (Å²) in [6, 6.07) is 3.59. The summed E-state index contributed by atoms with van der Waals surface area (Å²) in [5.41, 5.74) is 0. The van der Waals surface area contributed by atoms with Crippen LogP contribution in [0.5, 0.6) is 0 Å². The molecule has 0 spiro atoms. The summed E-state index contributed by atoms with van der Waals surface area (Å²) in [6.07, 6.45) is 4.51. The Morgan fingerprint density at radius 3 is 2.40 bits per heavy atom. The molecule has 2 heterocycles. The van der Waals surface area contributed by atoms with Crippen molar-refractivity contribution in [2.24, 2.45) is 5.92 Å². The molecule has 30 heavy (non-hydrogen) atoms. The zero-order valence-corrected chi connectivity index (χ0v) is 18.2. The lowest BCUT2D eigenvalue weighted by Gasteiger charge is -2.35. The number of carbonyl (C=O) groups excluding carboxylic acids is 2. The number of likely N-dealkylation sites (tertiary alicyclic amines) is 1. The summed E-state index contributed by atoms with van der Waals surface area (Å²) in [6.45, 7) is 1.29. The van der Waals surface area contributed by atoms with Gasteiger partial charge in [-0.2, -0.15) is 4.31 Å². The van der Waals surface area contributed by atoms with Gasteiger partial charge in [0.1, 0.15) is 5.82 Å². The minimum Gasteiger partial charge on any atom is -0.340 e. The second kappa shape index (κ2) is 8.43. The van der Waals surface area contributed by atoms with Gasteiger partial charge in [0.05, 0.1) is 15.8 Å². The highest BCUT2D eigenvalue weighted by molar-refractivity contribution is 7.89. The van der Waals surface area contributed by atoms with Crippen molar-refractivity contribution < 1.29 is 22.4 Å². The summed E-state index contributed by atoms with van der Waals surface area (Å²) < 4.78 is 40.3. The molecule has 3 fully saturated rings. The summed E-state index contributed by atoms with van der Waals surface area (Å²) in [5.74, 6) is -1.05. The molecule has 1 unspecified atom stereocenters. The first-order valence-corrected chi connectivity index (χ1v) is 12.1. The highest BCUT2D eigenvalue weighted by atomic mass is 35.5. The topological polar surface area (TPSA) is 78.0 Å². The van der Waals surface area contributed by atoms with Crippen LogP contribution in [0.1, 0.15) is 32.1 Å². The summed E-state index contributed by atoms with van der Waals surface area (Å²) in [7, 11) is -3.82. The molecule has 0 N–H and O–H groups in total. The minimum absolute atomic E-state index is 0.0506. The fraction of sp³-hybridized carbons (Fsp3) is 0.600. The Kier molecular flexibility index (Phi) is 6.05. The zero-order valence-electron chi connectivity index (χ0n) is 16.6. The van der Waals surface area contributed by atoms with E-state index in [1.807, 2.05) is 4.90 Å². The molecule has 3 aliphatic rings. The number of sulfonamides is 1. The number of hydrogen-bond acceptors (Lipinski definition) is 4. The molecule has 0 bridgehead atoms. The van der Waals surface area contributed by atoms with Crippen LogP contribution in [-0.4, -0.2) is 73.1 Å². The van der Waals surface area contributed by atoms with E-state index in [-0.39, 0.29) is 66.3 Å². The number of rotatable bonds is 4. The third-order valence-corrected chi connectivity index (χ3v) is 8.54. The van der Waals surface area contributed by atoms with Gasteiger partial charge in [0.25, 0.3) is 0 Å². The maximum Gasteiger partial charge on any atom is 0.243 e. The van der Waals surface area contributed by atoms with Gasteiger partial charge in [-0.25, -0.2) is 12.8 Å². The average Bonchev–Trinajstić information content (AvgIpc) is 3.39. The Morgan fingerprint density at radius 1 is 1.10 bits per heavy atom. The van der Waals surface area contributed by atoms with Gasteiger partial charge in [-0.1, -0.05) is 24.4 Å². The molecule has 2 aliphatic heterocycles. The monoisotopic (exact) mass is 457 g/mol. The van der Waals surface area contributed by atoms with Gasteiger partial charge in [-0.15, -0.1) is 0 Å². The molecule has 1 saturated carbocycles. The number of nitrogens with zero attached hydrogens (tertiary/aromatic N) is 3. The van der Waals surface area contributed by atoms with Crippen LogP contribution in [-0.2, 0) is 19.6 Å². The number of halogens is 2. The lowest BCUT2D eigenvalue weighted by molar-refractivity contribution is -0.137. The van der Waals surface area contributed by atoms with Crippen LogP contribution >= 0.6 is 11.6 Å². The molecule has 0 radical (unpaired) electrons. The molecule has 2 amide bonds. The smallest absolute Gasteiger partial charge is 0.243 e. The van der Waals surface area contributed by atoms with Gasteiger partial charge >= 0.3 is 0 Å². The third-order valence-electron chi connectivity index (χ3n) is 6.35. The van der Waals surface area contributed by atoms with Gasteiger partial charge in [0, 0.05) is 45.2 Å². The van der Waals surface area contributed by atoms with E-state index in [1.54, 1.807) is 4.90 Å². The van der Waals surface area contributed by atoms with Crippen LogP contribution in [0, 0.1) is 11.7 Å². The van der Waals surface area contributed by atoms with Crippen LogP contribution in [0.3, 0.4) is 0 Å². The van der Waals surface area contributed by atoms with E-state index in [2.05, 4.69) is 0 Å². The standard InChI is InChI=1S/C20H25ClFN3O4S/c21-17-12-16(5-6-18(17)22)30(28,29)24-9-7-23(8-10-24)20(27)14-11-19(26)25(13-14)15-3-1-2-4-15/h5-6,12,14-15H,1-4,7-11,13H2. The Bertz CT molecular complexity index is 943. The van der Waals surface area contributed by atoms with Crippen molar-refractivity contribution in [1.82, 2.24) is 14.1 Å². The van der Waals surface area contributed by atoms with Gasteiger partial charge in [-0.05, 0) is 31.0 Å². The highest BCUT2D eigenvalue weighted by Crippen LogP contribution is 2.30. The molecule has 7 nitrogen and oxygen atoms in total. The summed E-state index contributed by atoms with van der Waals surface area (Å²) >= 11 is 5.72. The van der Waals surface area contributed by atoms with Crippen LogP contribution < -0.4 is 0 Å². The maximum atomic E-state index is 13.4. The van der Waals surface area contributed by atoms with Crippen molar-refractivity contribution in [3.8, 4) is 0 Å². The Morgan fingerprint density at radius 2 is 1.77 bits per heavy atom. The van der Waals surface area contributed by atoms with E-state index in [1.165, 1.54) is 10.4 Å². The van der Waals surface area contributed by atoms with Gasteiger partial charge in [-0.3, -0.25) is 9.59 Å². The van der Waals surface area contributed by atoms with E-state index in [4.69, 9.17) is 11.6 Å². The van der Waals surface area contributed by atoms with E-state index >= 15 is 0 Å². The van der Waals surface area contributed by atoms with Gasteiger partial charge < -0.3 is 9.80 Å². The lowest BCUT2D eigenvalue weighted by Crippen LogP contribution is -2.52. The van der Waals surface area contributed by atoms with Crippen molar-refractivity contribution in [3.63, 3.8) is 0 Å². The normalized spacial score (nSPS) is 24.1. The van der Waals surface area contributed by atoms with Crippen molar-refractivity contribution in [2.75, 3.05) is 32.7 Å². The Balaban J connectivity index is 1.36. The zero-order chi connectivity index (χ0) is 21.5. The molecule has 4 rings (SSSR count). The third kappa shape index (κ3) is 4.07. The van der Waals surface area contributed by atoms with Gasteiger partial charge in [0.15, 0.2) is 0 Å². The predicted octanol–water partition coefficient (Wildman–Crippen LogP) is 2.10. The summed E-state index contributed by atoms with van der Waals surface area (Å²) in [5, 5.41) is -0.248. The molecule has 1 aliphatic carbocycles. The molecule has 164 valence electrons. The number of benzene rings is 1. The van der Waals surface area contributed by atoms with Crippen molar-refractivity contribution in [1.29, 1.82) is 0 Å². The van der Waals surface area contributed by atoms with Crippen molar-refractivity contribution in [2.45, 2.75) is 43.0 Å². The van der Waals surface area contributed by atoms with E-state index in [0.717, 1.165) is 37.8 Å². The molecule has 0 aromatic heterocycles. The molecule has 1 aromatic rings. The average molecular weight is 458 g/mol. The fourth-order valence-electron chi connectivity index (χ4n) is 4.66. The first kappa shape index (κ1) is 21.5. The minimum atomic E-state index is -3.82. The predicted molar refractivity (Wildman–Crippen MR) is 109 cm³/mol.